The van der Waals surface area contributed by atoms with Crippen LogP contribution in [0.2, 0.25) is 0 Å². The molecule has 4 nitrogen and oxygen atoms in total. The number of hydrogen-bond acceptors (Lipinski definition) is 3. The smallest absolute Gasteiger partial charge is 0.420 e. The summed E-state index contributed by atoms with van der Waals surface area (Å²) in [6.07, 6.45) is 4.01. The fraction of sp³-hybridized carbons (Fsp3) is 0.633. The highest BCUT2D eigenvalue weighted by Gasteiger charge is 2.44. The van der Waals surface area contributed by atoms with E-state index >= 15 is 0 Å². The number of piperidine rings is 2. The van der Waals surface area contributed by atoms with Gasteiger partial charge in [0.05, 0.1) is 12.0 Å². The summed E-state index contributed by atoms with van der Waals surface area (Å²) in [4.78, 5) is 14.2. The minimum absolute atomic E-state index is 0.0592. The van der Waals surface area contributed by atoms with E-state index in [0.717, 1.165) is 56.9 Å². The fourth-order valence-electron chi connectivity index (χ4n) is 7.20. The van der Waals surface area contributed by atoms with Gasteiger partial charge in [-0.05, 0) is 92.2 Å². The van der Waals surface area contributed by atoms with Crippen LogP contribution in [0.25, 0.3) is 10.8 Å². The van der Waals surface area contributed by atoms with Crippen molar-refractivity contribution in [3.63, 3.8) is 0 Å². The second kappa shape index (κ2) is 10.5. The summed E-state index contributed by atoms with van der Waals surface area (Å²) in [5.74, 6) is -0.487. The zero-order valence-corrected chi connectivity index (χ0v) is 21.8. The average molecular weight is 518 g/mol. The normalized spacial score (nSPS) is 29.7. The number of aliphatic carboxylic acids is 1. The molecule has 3 aliphatic rings. The van der Waals surface area contributed by atoms with Gasteiger partial charge in [0.1, 0.15) is 11.3 Å². The molecule has 2 heterocycles. The van der Waals surface area contributed by atoms with Crippen LogP contribution in [0.1, 0.15) is 95.2 Å². The number of carbonyl (C=O) groups is 1. The highest BCUT2D eigenvalue weighted by Crippen LogP contribution is 2.46. The molecule has 1 N–H and O–H groups in total. The fourth-order valence-corrected chi connectivity index (χ4v) is 7.20. The quantitative estimate of drug-likeness (QED) is 0.422. The molecule has 2 unspecified atom stereocenters. The number of carboxylic acids is 1. The zero-order chi connectivity index (χ0) is 26.3. The Kier molecular flexibility index (Phi) is 7.45. The van der Waals surface area contributed by atoms with Gasteiger partial charge in [0, 0.05) is 18.1 Å². The van der Waals surface area contributed by atoms with Crippen LogP contribution in [-0.2, 0) is 11.0 Å². The number of rotatable bonds is 6. The van der Waals surface area contributed by atoms with Crippen molar-refractivity contribution in [2.45, 2.75) is 108 Å². The standard InChI is InChI=1S/C30H38F3NO3/c1-3-26(34-22-5-4-6-23(34)17-21(16-22)29(35)36)20-9-13-25-19(15-20)10-14-27(28(25)30(31,32)33)37-24-11-7-18(2)8-12-24/h9-10,13-15,18,21-24,26H,3-8,11-12,16-17H2,1-2H3,(H,35,36)/t18?,21?,22?,23?,24?,26-/m0/s1. The molecule has 3 atom stereocenters. The Balaban J connectivity index is 1.46. The summed E-state index contributed by atoms with van der Waals surface area (Å²) in [5.41, 5.74) is 0.325. The molecule has 1 saturated carbocycles. The van der Waals surface area contributed by atoms with Gasteiger partial charge in [-0.15, -0.1) is 0 Å². The van der Waals surface area contributed by atoms with Crippen LogP contribution in [-0.4, -0.2) is 34.2 Å². The molecular formula is C30H38F3NO3. The molecule has 2 saturated heterocycles. The van der Waals surface area contributed by atoms with E-state index in [4.69, 9.17) is 4.74 Å². The number of halogens is 3. The molecule has 0 radical (unpaired) electrons. The van der Waals surface area contributed by atoms with E-state index in [0.29, 0.717) is 24.1 Å². The minimum atomic E-state index is -4.52. The van der Waals surface area contributed by atoms with Gasteiger partial charge in [-0.2, -0.15) is 13.2 Å². The molecular weight excluding hydrogens is 479 g/mol. The van der Waals surface area contributed by atoms with Crippen molar-refractivity contribution in [3.05, 3.63) is 41.5 Å². The highest BCUT2D eigenvalue weighted by atomic mass is 19.4. The Bertz CT molecular complexity index is 1110. The Morgan fingerprint density at radius 1 is 1.05 bits per heavy atom. The first-order valence-electron chi connectivity index (χ1n) is 14.0. The molecule has 37 heavy (non-hydrogen) atoms. The van der Waals surface area contributed by atoms with Crippen molar-refractivity contribution in [2.24, 2.45) is 11.8 Å². The van der Waals surface area contributed by atoms with Gasteiger partial charge in [-0.25, -0.2) is 0 Å². The highest BCUT2D eigenvalue weighted by molar-refractivity contribution is 5.89. The number of benzene rings is 2. The van der Waals surface area contributed by atoms with Crippen molar-refractivity contribution >= 4 is 16.7 Å². The maximum Gasteiger partial charge on any atom is 0.420 e. The maximum absolute atomic E-state index is 14.3. The third kappa shape index (κ3) is 5.34. The van der Waals surface area contributed by atoms with E-state index in [9.17, 15) is 23.1 Å². The second-order valence-electron chi connectivity index (χ2n) is 11.5. The van der Waals surface area contributed by atoms with Crippen LogP contribution in [0.15, 0.2) is 30.3 Å². The van der Waals surface area contributed by atoms with Crippen LogP contribution < -0.4 is 4.74 Å². The lowest BCUT2D eigenvalue weighted by molar-refractivity contribution is -0.147. The molecule has 1 aliphatic carbocycles. The maximum atomic E-state index is 14.3. The molecule has 0 aromatic heterocycles. The third-order valence-corrected chi connectivity index (χ3v) is 9.06. The molecule has 2 aromatic rings. The summed E-state index contributed by atoms with van der Waals surface area (Å²) < 4.78 is 49.0. The van der Waals surface area contributed by atoms with E-state index < -0.39 is 17.7 Å². The van der Waals surface area contributed by atoms with Crippen molar-refractivity contribution in [2.75, 3.05) is 0 Å². The van der Waals surface area contributed by atoms with Crippen LogP contribution in [0, 0.1) is 11.8 Å². The van der Waals surface area contributed by atoms with E-state index in [1.807, 2.05) is 12.1 Å². The molecule has 7 heteroatoms. The Morgan fingerprint density at radius 3 is 2.32 bits per heavy atom. The van der Waals surface area contributed by atoms with Crippen molar-refractivity contribution in [1.29, 1.82) is 0 Å². The molecule has 0 amide bonds. The first-order valence-corrected chi connectivity index (χ1v) is 14.0. The number of hydrogen-bond donors (Lipinski definition) is 1. The van der Waals surface area contributed by atoms with Gasteiger partial charge >= 0.3 is 12.1 Å². The number of alkyl halides is 3. The van der Waals surface area contributed by atoms with Crippen molar-refractivity contribution in [1.82, 2.24) is 4.90 Å². The first kappa shape index (κ1) is 26.3. The SMILES string of the molecule is CC[C@@H](c1ccc2c(C(F)(F)F)c(OC3CCC(C)CC3)ccc2c1)N1C2CCCC1CC(C(=O)O)C2. The summed E-state index contributed by atoms with van der Waals surface area (Å²) in [5, 5.41) is 10.4. The molecule has 202 valence electrons. The Hall–Kier alpha value is -2.28. The lowest BCUT2D eigenvalue weighted by atomic mass is 9.76. The van der Waals surface area contributed by atoms with Gasteiger partial charge in [0.2, 0.25) is 0 Å². The number of fused-ring (bicyclic) bond motifs is 3. The lowest BCUT2D eigenvalue weighted by Gasteiger charge is -2.51. The van der Waals surface area contributed by atoms with Crippen LogP contribution in [0.4, 0.5) is 13.2 Å². The van der Waals surface area contributed by atoms with Crippen LogP contribution >= 0.6 is 0 Å². The lowest BCUT2D eigenvalue weighted by Crippen LogP contribution is -2.54. The summed E-state index contributed by atoms with van der Waals surface area (Å²) in [7, 11) is 0. The van der Waals surface area contributed by atoms with Crippen molar-refractivity contribution in [3.8, 4) is 5.75 Å². The van der Waals surface area contributed by atoms with Crippen LogP contribution in [0.3, 0.4) is 0 Å². The van der Waals surface area contributed by atoms with Gasteiger partial charge in [-0.3, -0.25) is 9.69 Å². The third-order valence-electron chi connectivity index (χ3n) is 9.06. The number of ether oxygens (including phenoxy) is 1. The Morgan fingerprint density at radius 2 is 1.73 bits per heavy atom. The van der Waals surface area contributed by atoms with E-state index in [1.54, 1.807) is 12.1 Å². The number of nitrogens with zero attached hydrogens (tertiary/aromatic N) is 1. The number of carboxylic acid groups (broad SMARTS) is 1. The summed E-state index contributed by atoms with van der Waals surface area (Å²) >= 11 is 0. The average Bonchev–Trinajstić information content (AvgIpc) is 2.84. The minimum Gasteiger partial charge on any atom is -0.490 e. The largest absolute Gasteiger partial charge is 0.490 e. The molecule has 3 fully saturated rings. The topological polar surface area (TPSA) is 49.8 Å². The van der Waals surface area contributed by atoms with Crippen LogP contribution in [0.5, 0.6) is 5.75 Å². The molecule has 5 rings (SSSR count). The van der Waals surface area contributed by atoms with E-state index in [-0.39, 0.29) is 41.3 Å². The predicted octanol–water partition coefficient (Wildman–Crippen LogP) is 7.98. The molecule has 2 bridgehead atoms. The molecule has 0 spiro atoms. The first-order chi connectivity index (χ1) is 17.7. The van der Waals surface area contributed by atoms with E-state index in [2.05, 4.69) is 18.7 Å². The van der Waals surface area contributed by atoms with Gasteiger partial charge in [-0.1, -0.05) is 38.5 Å². The Labute approximate surface area is 217 Å². The molecule has 2 aliphatic heterocycles. The summed E-state index contributed by atoms with van der Waals surface area (Å²) in [6, 6.07) is 9.10. The van der Waals surface area contributed by atoms with Crippen molar-refractivity contribution < 1.29 is 27.8 Å². The summed E-state index contributed by atoms with van der Waals surface area (Å²) in [6.45, 7) is 4.28. The van der Waals surface area contributed by atoms with Gasteiger partial charge in [0.15, 0.2) is 0 Å². The molecule has 2 aromatic carbocycles. The zero-order valence-electron chi connectivity index (χ0n) is 21.8. The second-order valence-corrected chi connectivity index (χ2v) is 11.5. The van der Waals surface area contributed by atoms with Gasteiger partial charge in [0.25, 0.3) is 0 Å². The predicted molar refractivity (Wildman–Crippen MR) is 138 cm³/mol. The van der Waals surface area contributed by atoms with Gasteiger partial charge < -0.3 is 9.84 Å². The monoisotopic (exact) mass is 517 g/mol. The van der Waals surface area contributed by atoms with E-state index in [1.165, 1.54) is 6.07 Å².